The maximum atomic E-state index is 11.7. The SMILES string of the molecule is COC(=O)c1cncc(-c2ccc(C#Cc3ccc(CN4CCOCC4)cc3)cc2)c1. The van der Waals surface area contributed by atoms with Gasteiger partial charge in [-0.1, -0.05) is 36.1 Å². The van der Waals surface area contributed by atoms with E-state index >= 15 is 0 Å². The Hall–Kier alpha value is -3.46. The summed E-state index contributed by atoms with van der Waals surface area (Å²) in [5, 5.41) is 0. The number of pyridine rings is 1. The predicted octanol–water partition coefficient (Wildman–Crippen LogP) is 3.77. The van der Waals surface area contributed by atoms with Crippen LogP contribution in [-0.4, -0.2) is 49.3 Å². The molecule has 5 nitrogen and oxygen atoms in total. The van der Waals surface area contributed by atoms with E-state index in [1.807, 2.05) is 24.3 Å². The summed E-state index contributed by atoms with van der Waals surface area (Å²) in [4.78, 5) is 18.2. The summed E-state index contributed by atoms with van der Waals surface area (Å²) >= 11 is 0. The number of hydrogen-bond donors (Lipinski definition) is 0. The van der Waals surface area contributed by atoms with Crippen LogP contribution in [0.4, 0.5) is 0 Å². The van der Waals surface area contributed by atoms with Gasteiger partial charge in [-0.3, -0.25) is 9.88 Å². The summed E-state index contributed by atoms with van der Waals surface area (Å²) in [6, 6.07) is 18.1. The number of ether oxygens (including phenoxy) is 2. The molecule has 0 atom stereocenters. The first-order valence-corrected chi connectivity index (χ1v) is 10.3. The Morgan fingerprint density at radius 2 is 1.61 bits per heavy atom. The van der Waals surface area contributed by atoms with Crippen LogP contribution >= 0.6 is 0 Å². The molecule has 2 aromatic carbocycles. The highest BCUT2D eigenvalue weighted by atomic mass is 16.5. The molecule has 0 aliphatic carbocycles. The largest absolute Gasteiger partial charge is 0.465 e. The van der Waals surface area contributed by atoms with Crippen molar-refractivity contribution in [3.63, 3.8) is 0 Å². The molecule has 1 aromatic heterocycles. The molecule has 156 valence electrons. The van der Waals surface area contributed by atoms with Gasteiger partial charge in [-0.05, 0) is 41.5 Å². The van der Waals surface area contributed by atoms with Crippen LogP contribution in [0.15, 0.2) is 67.0 Å². The van der Waals surface area contributed by atoms with Crippen molar-refractivity contribution in [1.29, 1.82) is 0 Å². The van der Waals surface area contributed by atoms with Crippen molar-refractivity contribution >= 4 is 5.97 Å². The van der Waals surface area contributed by atoms with Gasteiger partial charge >= 0.3 is 5.97 Å². The number of carbonyl (C=O) groups is 1. The molecule has 1 fully saturated rings. The molecule has 5 heteroatoms. The second-order valence-electron chi connectivity index (χ2n) is 7.37. The van der Waals surface area contributed by atoms with Gasteiger partial charge in [0.2, 0.25) is 0 Å². The van der Waals surface area contributed by atoms with Crippen molar-refractivity contribution < 1.29 is 14.3 Å². The highest BCUT2D eigenvalue weighted by Gasteiger charge is 2.10. The molecule has 0 N–H and O–H groups in total. The van der Waals surface area contributed by atoms with Crippen molar-refractivity contribution in [3.05, 3.63) is 89.2 Å². The van der Waals surface area contributed by atoms with E-state index in [4.69, 9.17) is 9.47 Å². The van der Waals surface area contributed by atoms with E-state index in [-0.39, 0.29) is 0 Å². The molecule has 0 radical (unpaired) electrons. The van der Waals surface area contributed by atoms with Crippen molar-refractivity contribution in [3.8, 4) is 23.0 Å². The van der Waals surface area contributed by atoms with Crippen LogP contribution in [0.3, 0.4) is 0 Å². The van der Waals surface area contributed by atoms with Gasteiger partial charge in [0.25, 0.3) is 0 Å². The lowest BCUT2D eigenvalue weighted by molar-refractivity contribution is 0.0342. The quantitative estimate of drug-likeness (QED) is 0.482. The molecule has 2 heterocycles. The van der Waals surface area contributed by atoms with E-state index in [9.17, 15) is 4.79 Å². The number of benzene rings is 2. The van der Waals surface area contributed by atoms with Gasteiger partial charge in [0.15, 0.2) is 0 Å². The third-order valence-corrected chi connectivity index (χ3v) is 5.19. The summed E-state index contributed by atoms with van der Waals surface area (Å²) in [5.74, 6) is 6.04. The van der Waals surface area contributed by atoms with Gasteiger partial charge in [0.1, 0.15) is 0 Å². The number of aromatic nitrogens is 1. The number of esters is 1. The van der Waals surface area contributed by atoms with Crippen LogP contribution in [0, 0.1) is 11.8 Å². The van der Waals surface area contributed by atoms with Gasteiger partial charge in [-0.2, -0.15) is 0 Å². The molecule has 1 saturated heterocycles. The third kappa shape index (κ3) is 5.58. The van der Waals surface area contributed by atoms with E-state index < -0.39 is 5.97 Å². The summed E-state index contributed by atoms with van der Waals surface area (Å²) in [5.41, 5.74) is 5.47. The normalized spacial score (nSPS) is 13.8. The highest BCUT2D eigenvalue weighted by Crippen LogP contribution is 2.20. The molecule has 1 aliphatic rings. The smallest absolute Gasteiger partial charge is 0.339 e. The Kier molecular flexibility index (Phi) is 6.73. The van der Waals surface area contributed by atoms with Crippen LogP contribution in [0.1, 0.15) is 27.0 Å². The molecule has 4 rings (SSSR count). The van der Waals surface area contributed by atoms with Gasteiger partial charge in [-0.25, -0.2) is 4.79 Å². The minimum atomic E-state index is -0.396. The minimum Gasteiger partial charge on any atom is -0.465 e. The third-order valence-electron chi connectivity index (χ3n) is 5.19. The van der Waals surface area contributed by atoms with E-state index in [0.29, 0.717) is 5.56 Å². The lowest BCUT2D eigenvalue weighted by atomic mass is 10.0. The number of rotatable bonds is 4. The van der Waals surface area contributed by atoms with E-state index in [2.05, 4.69) is 46.0 Å². The van der Waals surface area contributed by atoms with Crippen molar-refractivity contribution in [1.82, 2.24) is 9.88 Å². The number of carbonyl (C=O) groups excluding carboxylic acids is 1. The van der Waals surface area contributed by atoms with Crippen molar-refractivity contribution in [2.75, 3.05) is 33.4 Å². The van der Waals surface area contributed by atoms with Crippen molar-refractivity contribution in [2.45, 2.75) is 6.54 Å². The number of hydrogen-bond acceptors (Lipinski definition) is 5. The van der Waals surface area contributed by atoms with Crippen LogP contribution in [0.2, 0.25) is 0 Å². The summed E-state index contributed by atoms with van der Waals surface area (Å²) < 4.78 is 10.2. The maximum Gasteiger partial charge on any atom is 0.339 e. The fourth-order valence-electron chi connectivity index (χ4n) is 3.43. The lowest BCUT2D eigenvalue weighted by Gasteiger charge is -2.26. The van der Waals surface area contributed by atoms with Gasteiger partial charge in [0, 0.05) is 48.7 Å². The first kappa shape index (κ1) is 20.8. The van der Waals surface area contributed by atoms with E-state index in [1.165, 1.54) is 18.9 Å². The first-order valence-electron chi connectivity index (χ1n) is 10.3. The molecule has 0 unspecified atom stereocenters. The first-order chi connectivity index (χ1) is 15.2. The Bertz CT molecular complexity index is 1090. The number of nitrogens with zero attached hydrogens (tertiary/aromatic N) is 2. The standard InChI is InChI=1S/C26H24N2O3/c1-30-26(29)25-16-24(17-27-18-25)23-10-8-21(9-11-23)3-2-20-4-6-22(7-5-20)19-28-12-14-31-15-13-28/h4-11,16-18H,12-15,19H2,1H3. The lowest BCUT2D eigenvalue weighted by Crippen LogP contribution is -2.35. The predicted molar refractivity (Wildman–Crippen MR) is 120 cm³/mol. The molecule has 0 saturated carbocycles. The Labute approximate surface area is 182 Å². The minimum absolute atomic E-state index is 0.396. The zero-order chi connectivity index (χ0) is 21.5. The van der Waals surface area contributed by atoms with Crippen LogP contribution in [0.25, 0.3) is 11.1 Å². The Morgan fingerprint density at radius 1 is 0.968 bits per heavy atom. The van der Waals surface area contributed by atoms with Gasteiger partial charge < -0.3 is 9.47 Å². The molecule has 0 amide bonds. The molecule has 3 aromatic rings. The molecular formula is C26H24N2O3. The second kappa shape index (κ2) is 10.0. The summed E-state index contributed by atoms with van der Waals surface area (Å²) in [7, 11) is 1.36. The number of methoxy groups -OCH3 is 1. The van der Waals surface area contributed by atoms with Crippen molar-refractivity contribution in [2.24, 2.45) is 0 Å². The molecule has 0 spiro atoms. The molecule has 0 bridgehead atoms. The van der Waals surface area contributed by atoms with Gasteiger partial charge in [-0.15, -0.1) is 0 Å². The fraction of sp³-hybridized carbons (Fsp3) is 0.231. The van der Waals surface area contributed by atoms with Crippen LogP contribution < -0.4 is 0 Å². The zero-order valence-corrected chi connectivity index (χ0v) is 17.5. The molecule has 31 heavy (non-hydrogen) atoms. The monoisotopic (exact) mass is 412 g/mol. The second-order valence-corrected chi connectivity index (χ2v) is 7.37. The zero-order valence-electron chi connectivity index (χ0n) is 17.5. The topological polar surface area (TPSA) is 51.7 Å². The number of morpholine rings is 1. The summed E-state index contributed by atoms with van der Waals surface area (Å²) in [6.07, 6.45) is 3.23. The van der Waals surface area contributed by atoms with Crippen LogP contribution in [0.5, 0.6) is 0 Å². The Morgan fingerprint density at radius 3 is 2.26 bits per heavy atom. The average Bonchev–Trinajstić information content (AvgIpc) is 2.84. The maximum absolute atomic E-state index is 11.7. The van der Waals surface area contributed by atoms with Gasteiger partial charge in [0.05, 0.1) is 25.9 Å². The molecule has 1 aliphatic heterocycles. The van der Waals surface area contributed by atoms with E-state index in [0.717, 1.165) is 55.1 Å². The molecular weight excluding hydrogens is 388 g/mol. The summed E-state index contributed by atoms with van der Waals surface area (Å²) in [6.45, 7) is 4.55. The highest BCUT2D eigenvalue weighted by molar-refractivity contribution is 5.90. The fourth-order valence-corrected chi connectivity index (χ4v) is 3.43. The Balaban J connectivity index is 1.41. The van der Waals surface area contributed by atoms with E-state index in [1.54, 1.807) is 12.3 Å². The van der Waals surface area contributed by atoms with Crippen LogP contribution in [-0.2, 0) is 16.0 Å². The average molecular weight is 412 g/mol.